The van der Waals surface area contributed by atoms with Crippen molar-refractivity contribution in [1.82, 2.24) is 19.6 Å². The average Bonchev–Trinajstić information content (AvgIpc) is 3.21. The number of aryl methyl sites for hydroxylation is 1. The fourth-order valence-corrected chi connectivity index (χ4v) is 2.75. The minimum atomic E-state index is -1.67. The Morgan fingerprint density at radius 3 is 2.77 bits per heavy atom. The van der Waals surface area contributed by atoms with E-state index in [0.29, 0.717) is 50.2 Å². The molecule has 0 spiro atoms. The number of aromatic nitrogens is 2. The number of nitrogens with zero attached hydrogens (tertiary/aromatic N) is 4. The second-order valence-corrected chi connectivity index (χ2v) is 6.09. The summed E-state index contributed by atoms with van der Waals surface area (Å²) in [5, 5.41) is 4.26. The van der Waals surface area contributed by atoms with E-state index in [-0.39, 0.29) is 12.5 Å². The highest BCUT2D eigenvalue weighted by Gasteiger charge is 2.53. The molecule has 0 unspecified atom stereocenters. The molecule has 0 bridgehead atoms. The second-order valence-electron chi connectivity index (χ2n) is 6.09. The third-order valence-corrected chi connectivity index (χ3v) is 4.50. The highest BCUT2D eigenvalue weighted by Crippen LogP contribution is 2.42. The molecular weight excluding hydrogens is 287 g/mol. The van der Waals surface area contributed by atoms with Crippen LogP contribution in [0.3, 0.4) is 0 Å². The fourth-order valence-electron chi connectivity index (χ4n) is 2.75. The molecule has 0 saturated heterocycles. The lowest BCUT2D eigenvalue weighted by atomic mass is 10.2. The molecule has 1 aliphatic heterocycles. The minimum Gasteiger partial charge on any atom is -0.342 e. The molecule has 1 aromatic rings. The van der Waals surface area contributed by atoms with Gasteiger partial charge in [-0.3, -0.25) is 14.3 Å². The maximum Gasteiger partial charge on any atom is 0.260 e. The standard InChI is InChI=1S/C15H21FN4O2/c1-3-18(2)13(21)11-9-17-20-8-4-7-19(10-12(11)20)14(22)15(16)5-6-15/h9H,3-8,10H2,1-2H3. The summed E-state index contributed by atoms with van der Waals surface area (Å²) in [6.07, 6.45) is 2.89. The zero-order valence-electron chi connectivity index (χ0n) is 13.0. The molecule has 7 heteroatoms. The van der Waals surface area contributed by atoms with Crippen molar-refractivity contribution in [3.05, 3.63) is 17.5 Å². The van der Waals surface area contributed by atoms with Crippen LogP contribution in [0.5, 0.6) is 0 Å². The van der Waals surface area contributed by atoms with Crippen molar-refractivity contribution in [1.29, 1.82) is 0 Å². The molecule has 0 atom stereocenters. The largest absolute Gasteiger partial charge is 0.342 e. The lowest BCUT2D eigenvalue weighted by Gasteiger charge is -2.23. The van der Waals surface area contributed by atoms with E-state index in [1.165, 1.54) is 4.90 Å². The normalized spacial score (nSPS) is 19.3. The minimum absolute atomic E-state index is 0.112. The zero-order chi connectivity index (χ0) is 15.9. The predicted molar refractivity (Wildman–Crippen MR) is 78.0 cm³/mol. The molecule has 1 saturated carbocycles. The molecule has 22 heavy (non-hydrogen) atoms. The number of carbonyl (C=O) groups is 2. The summed E-state index contributed by atoms with van der Waals surface area (Å²) >= 11 is 0. The Labute approximate surface area is 128 Å². The number of alkyl halides is 1. The van der Waals surface area contributed by atoms with Gasteiger partial charge in [0, 0.05) is 26.7 Å². The van der Waals surface area contributed by atoms with Crippen LogP contribution < -0.4 is 0 Å². The van der Waals surface area contributed by atoms with E-state index < -0.39 is 11.6 Å². The molecule has 120 valence electrons. The van der Waals surface area contributed by atoms with Crippen LogP contribution in [0.1, 0.15) is 42.2 Å². The topological polar surface area (TPSA) is 58.4 Å². The molecule has 1 aromatic heterocycles. The van der Waals surface area contributed by atoms with E-state index >= 15 is 0 Å². The fraction of sp³-hybridized carbons (Fsp3) is 0.667. The molecule has 0 N–H and O–H groups in total. The van der Waals surface area contributed by atoms with Gasteiger partial charge in [-0.2, -0.15) is 5.10 Å². The number of carbonyl (C=O) groups excluding carboxylic acids is 2. The van der Waals surface area contributed by atoms with E-state index in [0.717, 1.165) is 0 Å². The predicted octanol–water partition coefficient (Wildman–Crippen LogP) is 1.21. The van der Waals surface area contributed by atoms with Gasteiger partial charge in [0.2, 0.25) is 0 Å². The van der Waals surface area contributed by atoms with Gasteiger partial charge in [0.25, 0.3) is 11.8 Å². The van der Waals surface area contributed by atoms with Crippen LogP contribution in [0, 0.1) is 0 Å². The molecule has 3 rings (SSSR count). The lowest BCUT2D eigenvalue weighted by Crippen LogP contribution is -2.38. The summed E-state index contributed by atoms with van der Waals surface area (Å²) in [6.45, 7) is 3.89. The number of halogens is 1. The van der Waals surface area contributed by atoms with Crippen LogP contribution >= 0.6 is 0 Å². The van der Waals surface area contributed by atoms with Crippen molar-refractivity contribution >= 4 is 11.8 Å². The molecule has 6 nitrogen and oxygen atoms in total. The average molecular weight is 308 g/mol. The van der Waals surface area contributed by atoms with Gasteiger partial charge in [-0.15, -0.1) is 0 Å². The smallest absolute Gasteiger partial charge is 0.260 e. The molecule has 1 fully saturated rings. The molecule has 2 amide bonds. The van der Waals surface area contributed by atoms with Crippen molar-refractivity contribution in [3.63, 3.8) is 0 Å². The first-order valence-corrected chi connectivity index (χ1v) is 7.74. The third kappa shape index (κ3) is 2.48. The quantitative estimate of drug-likeness (QED) is 0.843. The van der Waals surface area contributed by atoms with Crippen LogP contribution in [0.4, 0.5) is 4.39 Å². The first kappa shape index (κ1) is 15.0. The Kier molecular flexibility index (Phi) is 3.66. The maximum atomic E-state index is 14.1. The summed E-state index contributed by atoms with van der Waals surface area (Å²) in [5.41, 5.74) is -0.451. The monoisotopic (exact) mass is 308 g/mol. The van der Waals surface area contributed by atoms with Crippen molar-refractivity contribution < 1.29 is 14.0 Å². The van der Waals surface area contributed by atoms with Crippen molar-refractivity contribution in [2.75, 3.05) is 20.1 Å². The van der Waals surface area contributed by atoms with Gasteiger partial charge in [-0.05, 0) is 26.2 Å². The summed E-state index contributed by atoms with van der Waals surface area (Å²) in [7, 11) is 1.73. The van der Waals surface area contributed by atoms with Gasteiger partial charge in [0.1, 0.15) is 0 Å². The van der Waals surface area contributed by atoms with Crippen LogP contribution in [-0.4, -0.2) is 57.2 Å². The number of amides is 2. The van der Waals surface area contributed by atoms with Crippen molar-refractivity contribution in [2.24, 2.45) is 0 Å². The molecular formula is C15H21FN4O2. The lowest BCUT2D eigenvalue weighted by molar-refractivity contribution is -0.138. The van der Waals surface area contributed by atoms with Crippen molar-refractivity contribution in [2.45, 2.75) is 44.9 Å². The summed E-state index contributed by atoms with van der Waals surface area (Å²) in [5.74, 6) is -0.552. The molecule has 0 radical (unpaired) electrons. The number of hydrogen-bond acceptors (Lipinski definition) is 3. The Balaban J connectivity index is 1.87. The number of rotatable bonds is 3. The molecule has 2 heterocycles. The van der Waals surface area contributed by atoms with Gasteiger partial charge in [0.05, 0.1) is 24.0 Å². The van der Waals surface area contributed by atoms with Gasteiger partial charge in [-0.25, -0.2) is 4.39 Å². The van der Waals surface area contributed by atoms with Crippen molar-refractivity contribution in [3.8, 4) is 0 Å². The zero-order valence-corrected chi connectivity index (χ0v) is 13.0. The summed E-state index contributed by atoms with van der Waals surface area (Å²) in [6, 6.07) is 0. The van der Waals surface area contributed by atoms with Crippen LogP contribution in [-0.2, 0) is 17.9 Å². The number of fused-ring (bicyclic) bond motifs is 1. The highest BCUT2D eigenvalue weighted by atomic mass is 19.1. The Hall–Kier alpha value is -1.92. The first-order valence-electron chi connectivity index (χ1n) is 7.74. The van der Waals surface area contributed by atoms with Gasteiger partial charge in [-0.1, -0.05) is 0 Å². The van der Waals surface area contributed by atoms with E-state index in [1.54, 1.807) is 22.8 Å². The first-order chi connectivity index (χ1) is 10.5. The van der Waals surface area contributed by atoms with E-state index in [1.807, 2.05) is 6.92 Å². The summed E-state index contributed by atoms with van der Waals surface area (Å²) in [4.78, 5) is 27.8. The third-order valence-electron chi connectivity index (χ3n) is 4.50. The highest BCUT2D eigenvalue weighted by molar-refractivity contribution is 5.95. The van der Waals surface area contributed by atoms with Crippen LogP contribution in [0.15, 0.2) is 6.20 Å². The van der Waals surface area contributed by atoms with E-state index in [4.69, 9.17) is 0 Å². The van der Waals surface area contributed by atoms with E-state index in [9.17, 15) is 14.0 Å². The second kappa shape index (κ2) is 5.37. The van der Waals surface area contributed by atoms with Crippen LogP contribution in [0.25, 0.3) is 0 Å². The Morgan fingerprint density at radius 2 is 2.14 bits per heavy atom. The van der Waals surface area contributed by atoms with E-state index in [2.05, 4.69) is 5.10 Å². The molecule has 1 aliphatic carbocycles. The van der Waals surface area contributed by atoms with Gasteiger partial charge >= 0.3 is 0 Å². The van der Waals surface area contributed by atoms with Crippen LogP contribution in [0.2, 0.25) is 0 Å². The van der Waals surface area contributed by atoms with Gasteiger partial charge < -0.3 is 9.80 Å². The Morgan fingerprint density at radius 1 is 1.41 bits per heavy atom. The van der Waals surface area contributed by atoms with Gasteiger partial charge in [0.15, 0.2) is 5.67 Å². The SMILES string of the molecule is CCN(C)C(=O)c1cnn2c1CN(C(=O)C1(F)CC1)CCC2. The maximum absolute atomic E-state index is 14.1. The summed E-state index contributed by atoms with van der Waals surface area (Å²) < 4.78 is 15.8. The molecule has 2 aliphatic rings. The molecule has 0 aromatic carbocycles. The number of hydrogen-bond donors (Lipinski definition) is 0. The Bertz CT molecular complexity index is 609.